The monoisotopic (exact) mass is 756 g/mol. The van der Waals surface area contributed by atoms with E-state index >= 15 is 0 Å². The maximum atomic E-state index is 14.3. The van der Waals surface area contributed by atoms with Crippen LogP contribution in [-0.4, -0.2) is 91.9 Å². The van der Waals surface area contributed by atoms with Crippen LogP contribution >= 0.6 is 0 Å². The Morgan fingerprint density at radius 3 is 2.04 bits per heavy atom. The van der Waals surface area contributed by atoms with Crippen molar-refractivity contribution in [3.8, 4) is 11.5 Å². The molecule has 0 bridgehead atoms. The summed E-state index contributed by atoms with van der Waals surface area (Å²) in [6, 6.07) is 30.1. The van der Waals surface area contributed by atoms with E-state index in [0.29, 0.717) is 18.0 Å². The maximum Gasteiger partial charge on any atom is 0.357 e. The highest BCUT2D eigenvalue weighted by atomic mass is 19.3. The number of piperazine rings is 1. The van der Waals surface area contributed by atoms with Crippen molar-refractivity contribution in [3.63, 3.8) is 0 Å². The first-order valence-electron chi connectivity index (χ1n) is 18.9. The molecular weight excluding hydrogens is 701 g/mol. The molecular formula is C44H56F2N5O4+. The first kappa shape index (κ1) is 41.2. The number of methoxy groups -OCH3 is 2. The van der Waals surface area contributed by atoms with E-state index in [1.807, 2.05) is 12.1 Å². The number of hydrogen-bond acceptors (Lipinski definition) is 7. The van der Waals surface area contributed by atoms with Crippen LogP contribution in [0.15, 0.2) is 109 Å². The van der Waals surface area contributed by atoms with Gasteiger partial charge in [-0.1, -0.05) is 79.4 Å². The molecule has 6 rings (SSSR count). The molecule has 2 aliphatic rings. The number of carbonyl (C=O) groups is 1. The van der Waals surface area contributed by atoms with Crippen molar-refractivity contribution in [2.75, 3.05) is 65.4 Å². The Hall–Kier alpha value is -4.97. The molecule has 2 aliphatic heterocycles. The number of nitrogens with two attached hydrogens (primary N) is 1. The van der Waals surface area contributed by atoms with Crippen molar-refractivity contribution in [2.45, 2.75) is 51.5 Å². The lowest BCUT2D eigenvalue weighted by atomic mass is 9.99. The second-order valence-corrected chi connectivity index (χ2v) is 14.6. The third kappa shape index (κ3) is 10.6. The predicted octanol–water partition coefficient (Wildman–Crippen LogP) is 7.78. The highest BCUT2D eigenvalue weighted by Crippen LogP contribution is 2.41. The SMILES string of the molecule is C=C(O)C(N)(F)F.CC[N+]1(C)CCN(c2cccc3c2CN([C@H](CCCN(Cc2ccccc2)Cc2ccccc2)c2ccc(OC)c(OC)c2)C3=O)CC1. The van der Waals surface area contributed by atoms with Crippen LogP contribution < -0.4 is 20.1 Å². The number of benzene rings is 4. The first-order chi connectivity index (χ1) is 26.4. The summed E-state index contributed by atoms with van der Waals surface area (Å²) in [5.41, 5.74) is 10.9. The van der Waals surface area contributed by atoms with E-state index in [2.05, 4.69) is 126 Å². The van der Waals surface area contributed by atoms with E-state index in [-0.39, 0.29) is 11.9 Å². The van der Waals surface area contributed by atoms with Gasteiger partial charge in [-0.05, 0) is 67.3 Å². The number of nitrogens with zero attached hydrogens (tertiary/aromatic N) is 4. The molecule has 0 spiro atoms. The number of alkyl halides is 2. The molecule has 55 heavy (non-hydrogen) atoms. The Kier molecular flexibility index (Phi) is 13.9. The van der Waals surface area contributed by atoms with Crippen LogP contribution in [0.2, 0.25) is 0 Å². The van der Waals surface area contributed by atoms with Gasteiger partial charge in [0.05, 0.1) is 60.0 Å². The molecule has 0 aromatic heterocycles. The Morgan fingerprint density at radius 1 is 0.927 bits per heavy atom. The van der Waals surface area contributed by atoms with Crippen molar-refractivity contribution >= 4 is 11.6 Å². The molecule has 1 amide bonds. The number of aliphatic hydroxyl groups is 1. The molecule has 2 heterocycles. The fourth-order valence-corrected chi connectivity index (χ4v) is 7.36. The number of hydrogen-bond donors (Lipinski definition) is 2. The molecule has 9 nitrogen and oxygen atoms in total. The van der Waals surface area contributed by atoms with Gasteiger partial charge in [0.2, 0.25) is 0 Å². The molecule has 0 radical (unpaired) electrons. The minimum Gasteiger partial charge on any atom is -0.506 e. The first-order valence-corrected chi connectivity index (χ1v) is 18.9. The van der Waals surface area contributed by atoms with E-state index in [4.69, 9.17) is 14.6 Å². The van der Waals surface area contributed by atoms with Crippen molar-refractivity contribution in [1.29, 1.82) is 0 Å². The topological polar surface area (TPSA) is 91.5 Å². The van der Waals surface area contributed by atoms with Gasteiger partial charge in [-0.25, -0.2) is 0 Å². The lowest BCUT2D eigenvalue weighted by molar-refractivity contribution is -0.908. The molecule has 4 aromatic carbocycles. The van der Waals surface area contributed by atoms with E-state index < -0.39 is 11.8 Å². The summed E-state index contributed by atoms with van der Waals surface area (Å²) >= 11 is 0. The Labute approximate surface area is 324 Å². The molecule has 294 valence electrons. The Bertz CT molecular complexity index is 1820. The van der Waals surface area contributed by atoms with E-state index in [0.717, 1.165) is 86.4 Å². The van der Waals surface area contributed by atoms with Gasteiger partial charge in [-0.3, -0.25) is 15.4 Å². The molecule has 11 heteroatoms. The second-order valence-electron chi connectivity index (χ2n) is 14.6. The van der Waals surface area contributed by atoms with Gasteiger partial charge in [-0.2, -0.15) is 8.78 Å². The van der Waals surface area contributed by atoms with Gasteiger partial charge in [-0.15, -0.1) is 0 Å². The minimum atomic E-state index is -3.64. The van der Waals surface area contributed by atoms with Gasteiger partial charge in [0.1, 0.15) is 0 Å². The fraction of sp³-hybridized carbons (Fsp3) is 0.386. The molecule has 0 aliphatic carbocycles. The fourth-order valence-electron chi connectivity index (χ4n) is 7.36. The summed E-state index contributed by atoms with van der Waals surface area (Å²) in [7, 11) is 5.69. The minimum absolute atomic E-state index is 0.103. The summed E-state index contributed by atoms with van der Waals surface area (Å²) in [5, 5.41) is 7.82. The largest absolute Gasteiger partial charge is 0.506 e. The standard InChI is InChI=1S/C41H51N4O3.C3H5F2NO/c1-5-45(2)26-24-43(25-27-45)38-19-12-18-35-36(38)31-44(41(35)46)37(34-21-22-39(47-3)40(28-34)48-4)20-13-23-42(29-32-14-8-6-9-15-32)30-33-16-10-7-11-17-33;1-2(7)3(4,5)6/h6-12,14-19,21-22,28,37H,5,13,20,23-27,29-31H2,1-4H3;7H,1,6H2/q+1;/t37-;/m1./s1. The molecule has 0 unspecified atom stereocenters. The average Bonchev–Trinajstić information content (AvgIpc) is 3.53. The molecule has 1 fully saturated rings. The number of ether oxygens (including phenoxy) is 2. The molecule has 4 aromatic rings. The van der Waals surface area contributed by atoms with E-state index in [1.165, 1.54) is 16.8 Å². The van der Waals surface area contributed by atoms with Crippen molar-refractivity contribution < 1.29 is 32.6 Å². The third-order valence-electron chi connectivity index (χ3n) is 10.9. The highest BCUT2D eigenvalue weighted by Gasteiger charge is 2.37. The third-order valence-corrected chi connectivity index (χ3v) is 10.9. The molecule has 3 N–H and O–H groups in total. The van der Waals surface area contributed by atoms with Gasteiger partial charge in [0.15, 0.2) is 17.3 Å². The molecule has 1 saturated heterocycles. The summed E-state index contributed by atoms with van der Waals surface area (Å²) < 4.78 is 35.0. The van der Waals surface area contributed by atoms with Crippen LogP contribution in [0.3, 0.4) is 0 Å². The number of rotatable bonds is 15. The summed E-state index contributed by atoms with van der Waals surface area (Å²) in [6.07, 6.45) is 1.77. The number of fused-ring (bicyclic) bond motifs is 1. The van der Waals surface area contributed by atoms with Crippen LogP contribution in [-0.2, 0) is 19.6 Å². The Balaban J connectivity index is 0.000000757. The lowest BCUT2D eigenvalue weighted by Crippen LogP contribution is -2.57. The zero-order valence-electron chi connectivity index (χ0n) is 32.6. The normalized spacial score (nSPS) is 15.6. The summed E-state index contributed by atoms with van der Waals surface area (Å²) in [5.74, 6) is 0.179. The number of carbonyl (C=O) groups excluding carboxylic acids is 1. The van der Waals surface area contributed by atoms with Crippen LogP contribution in [0.1, 0.15) is 58.4 Å². The highest BCUT2D eigenvalue weighted by molar-refractivity contribution is 6.00. The van der Waals surface area contributed by atoms with E-state index in [9.17, 15) is 13.6 Å². The van der Waals surface area contributed by atoms with Gasteiger partial charge in [0.25, 0.3) is 5.91 Å². The Morgan fingerprint density at radius 2 is 1.51 bits per heavy atom. The van der Waals surface area contributed by atoms with Crippen LogP contribution in [0.5, 0.6) is 11.5 Å². The van der Waals surface area contributed by atoms with Gasteiger partial charge >= 0.3 is 6.05 Å². The van der Waals surface area contributed by atoms with Gasteiger partial charge < -0.3 is 28.9 Å². The van der Waals surface area contributed by atoms with Crippen LogP contribution in [0.25, 0.3) is 0 Å². The van der Waals surface area contributed by atoms with Crippen LogP contribution in [0, 0.1) is 0 Å². The average molecular weight is 757 g/mol. The molecule has 0 saturated carbocycles. The quantitative estimate of drug-likeness (QED) is 0.0728. The zero-order chi connectivity index (χ0) is 39.6. The van der Waals surface area contributed by atoms with E-state index in [1.54, 1.807) is 14.2 Å². The number of halogens is 2. The van der Waals surface area contributed by atoms with Crippen molar-refractivity contribution in [1.82, 2.24) is 9.80 Å². The number of likely N-dealkylation sites (N-methyl/N-ethyl adjacent to an activating group) is 1. The lowest BCUT2D eigenvalue weighted by Gasteiger charge is -2.42. The molecule has 1 atom stereocenters. The van der Waals surface area contributed by atoms with Crippen molar-refractivity contribution in [2.24, 2.45) is 5.73 Å². The summed E-state index contributed by atoms with van der Waals surface area (Å²) in [6.45, 7) is 13.5. The zero-order valence-corrected chi connectivity index (χ0v) is 32.6. The summed E-state index contributed by atoms with van der Waals surface area (Å²) in [4.78, 5) is 21.4. The smallest absolute Gasteiger partial charge is 0.357 e. The number of anilines is 1. The van der Waals surface area contributed by atoms with Crippen molar-refractivity contribution in [3.05, 3.63) is 137 Å². The van der Waals surface area contributed by atoms with Crippen LogP contribution in [0.4, 0.5) is 14.5 Å². The maximum absolute atomic E-state index is 14.3. The van der Waals surface area contributed by atoms with Gasteiger partial charge in [0, 0.05) is 36.4 Å². The number of aliphatic hydroxyl groups excluding tert-OH is 1. The predicted molar refractivity (Wildman–Crippen MR) is 214 cm³/mol. The second kappa shape index (κ2) is 18.6. The number of amides is 1. The number of quaternary nitrogens is 1.